The second kappa shape index (κ2) is 4.85. The molecular formula is C9H10N4O2. The van der Waals surface area contributed by atoms with Crippen molar-refractivity contribution in [2.75, 3.05) is 0 Å². The van der Waals surface area contributed by atoms with Gasteiger partial charge >= 0.3 is 11.8 Å². The molecule has 78 valence electrons. The Hall–Kier alpha value is -2.24. The van der Waals surface area contributed by atoms with Gasteiger partial charge < -0.3 is 5.73 Å². The molecule has 1 aromatic rings. The number of carbonyl (C=O) groups is 2. The zero-order valence-electron chi connectivity index (χ0n) is 8.10. The molecule has 0 spiro atoms. The third kappa shape index (κ3) is 3.18. The van der Waals surface area contributed by atoms with E-state index in [0.29, 0.717) is 11.4 Å². The van der Waals surface area contributed by atoms with Crippen LogP contribution >= 0.6 is 0 Å². The Kier molecular flexibility index (Phi) is 3.50. The Morgan fingerprint density at radius 1 is 1.47 bits per heavy atom. The van der Waals surface area contributed by atoms with E-state index in [1.807, 2.05) is 5.43 Å². The number of primary amides is 1. The van der Waals surface area contributed by atoms with Crippen LogP contribution in [0.15, 0.2) is 29.5 Å². The number of aromatic nitrogens is 1. The highest BCUT2D eigenvalue weighted by molar-refractivity contribution is 6.34. The lowest BCUT2D eigenvalue weighted by atomic mass is 10.3. The average Bonchev–Trinajstić information content (AvgIpc) is 2.26. The molecule has 15 heavy (non-hydrogen) atoms. The van der Waals surface area contributed by atoms with E-state index >= 15 is 0 Å². The zero-order chi connectivity index (χ0) is 11.3. The molecule has 0 aromatic carbocycles. The third-order valence-corrected chi connectivity index (χ3v) is 1.58. The Bertz CT molecular complexity index is 400. The maximum Gasteiger partial charge on any atom is 0.329 e. The summed E-state index contributed by atoms with van der Waals surface area (Å²) in [4.78, 5) is 25.1. The van der Waals surface area contributed by atoms with Gasteiger partial charge in [-0.3, -0.25) is 14.6 Å². The second-order valence-electron chi connectivity index (χ2n) is 2.72. The van der Waals surface area contributed by atoms with Crippen LogP contribution in [0.1, 0.15) is 12.6 Å². The fourth-order valence-corrected chi connectivity index (χ4v) is 0.824. The first-order valence-electron chi connectivity index (χ1n) is 4.16. The van der Waals surface area contributed by atoms with E-state index in [0.717, 1.165) is 0 Å². The molecule has 6 heteroatoms. The summed E-state index contributed by atoms with van der Waals surface area (Å²) in [5.74, 6) is -2.03. The molecule has 0 aliphatic heterocycles. The third-order valence-electron chi connectivity index (χ3n) is 1.58. The van der Waals surface area contributed by atoms with Crippen LogP contribution in [0.5, 0.6) is 0 Å². The molecule has 1 aromatic heterocycles. The predicted octanol–water partition coefficient (Wildman–Crippen LogP) is -0.593. The van der Waals surface area contributed by atoms with E-state index in [4.69, 9.17) is 5.73 Å². The highest BCUT2D eigenvalue weighted by Crippen LogP contribution is 1.94. The monoisotopic (exact) mass is 206 g/mol. The SMILES string of the molecule is C/C(=N\NC(=O)C(N)=O)c1ccccn1. The molecule has 0 saturated heterocycles. The molecular weight excluding hydrogens is 196 g/mol. The van der Waals surface area contributed by atoms with Crippen molar-refractivity contribution in [3.63, 3.8) is 0 Å². The van der Waals surface area contributed by atoms with Crippen molar-refractivity contribution in [3.8, 4) is 0 Å². The topological polar surface area (TPSA) is 97.4 Å². The lowest BCUT2D eigenvalue weighted by Gasteiger charge is -1.99. The summed E-state index contributed by atoms with van der Waals surface area (Å²) >= 11 is 0. The highest BCUT2D eigenvalue weighted by atomic mass is 16.2. The van der Waals surface area contributed by atoms with Gasteiger partial charge in [0.2, 0.25) is 0 Å². The first kappa shape index (κ1) is 10.8. The first-order chi connectivity index (χ1) is 7.11. The minimum atomic E-state index is -1.08. The number of nitrogens with two attached hydrogens (primary N) is 1. The maximum absolute atomic E-state index is 10.8. The van der Waals surface area contributed by atoms with Crippen molar-refractivity contribution < 1.29 is 9.59 Å². The summed E-state index contributed by atoms with van der Waals surface area (Å²) < 4.78 is 0. The maximum atomic E-state index is 10.8. The molecule has 0 aliphatic carbocycles. The van der Waals surface area contributed by atoms with Gasteiger partial charge in [-0.25, -0.2) is 5.43 Å². The molecule has 0 atom stereocenters. The fraction of sp³-hybridized carbons (Fsp3) is 0.111. The number of amides is 2. The second-order valence-corrected chi connectivity index (χ2v) is 2.72. The van der Waals surface area contributed by atoms with Gasteiger partial charge in [-0.15, -0.1) is 0 Å². The van der Waals surface area contributed by atoms with Crippen LogP contribution in [0, 0.1) is 0 Å². The summed E-state index contributed by atoms with van der Waals surface area (Å²) in [6.45, 7) is 1.66. The lowest BCUT2D eigenvalue weighted by Crippen LogP contribution is -2.33. The normalized spacial score (nSPS) is 10.9. The summed E-state index contributed by atoms with van der Waals surface area (Å²) in [5.41, 5.74) is 7.84. The summed E-state index contributed by atoms with van der Waals surface area (Å²) in [6, 6.07) is 5.28. The average molecular weight is 206 g/mol. The molecule has 1 rings (SSSR count). The molecule has 0 unspecified atom stereocenters. The number of hydrogen-bond acceptors (Lipinski definition) is 4. The summed E-state index contributed by atoms with van der Waals surface area (Å²) in [7, 11) is 0. The Morgan fingerprint density at radius 2 is 2.20 bits per heavy atom. The molecule has 0 radical (unpaired) electrons. The van der Waals surface area contributed by atoms with Gasteiger partial charge in [-0.05, 0) is 19.1 Å². The van der Waals surface area contributed by atoms with Gasteiger partial charge in [-0.2, -0.15) is 5.10 Å². The number of carbonyl (C=O) groups excluding carboxylic acids is 2. The largest absolute Gasteiger partial charge is 0.361 e. The van der Waals surface area contributed by atoms with Crippen molar-refractivity contribution in [2.45, 2.75) is 6.92 Å². The highest BCUT2D eigenvalue weighted by Gasteiger charge is 2.06. The van der Waals surface area contributed by atoms with E-state index < -0.39 is 11.8 Å². The van der Waals surface area contributed by atoms with Gasteiger partial charge in [0, 0.05) is 6.20 Å². The number of nitrogens with one attached hydrogen (secondary N) is 1. The number of pyridine rings is 1. The van der Waals surface area contributed by atoms with Crippen LogP contribution < -0.4 is 11.2 Å². The first-order valence-corrected chi connectivity index (χ1v) is 4.16. The van der Waals surface area contributed by atoms with Crippen molar-refractivity contribution in [3.05, 3.63) is 30.1 Å². The minimum absolute atomic E-state index is 0.491. The number of hydrogen-bond donors (Lipinski definition) is 2. The Morgan fingerprint density at radius 3 is 2.73 bits per heavy atom. The van der Waals surface area contributed by atoms with Crippen molar-refractivity contribution in [1.82, 2.24) is 10.4 Å². The fourth-order valence-electron chi connectivity index (χ4n) is 0.824. The zero-order valence-corrected chi connectivity index (χ0v) is 8.10. The molecule has 0 saturated carbocycles. The van der Waals surface area contributed by atoms with Crippen molar-refractivity contribution in [1.29, 1.82) is 0 Å². The van der Waals surface area contributed by atoms with E-state index in [2.05, 4.69) is 10.1 Å². The van der Waals surface area contributed by atoms with E-state index in [-0.39, 0.29) is 0 Å². The molecule has 0 bridgehead atoms. The lowest BCUT2D eigenvalue weighted by molar-refractivity contribution is -0.137. The summed E-state index contributed by atoms with van der Waals surface area (Å²) in [5, 5.41) is 3.67. The van der Waals surface area contributed by atoms with E-state index in [1.165, 1.54) is 0 Å². The van der Waals surface area contributed by atoms with Gasteiger partial charge in [0.1, 0.15) is 0 Å². The molecule has 6 nitrogen and oxygen atoms in total. The van der Waals surface area contributed by atoms with Crippen LogP contribution in [-0.2, 0) is 9.59 Å². The van der Waals surface area contributed by atoms with Gasteiger partial charge in [0.25, 0.3) is 0 Å². The Balaban J connectivity index is 2.69. The van der Waals surface area contributed by atoms with Crippen molar-refractivity contribution >= 4 is 17.5 Å². The minimum Gasteiger partial charge on any atom is -0.361 e. The van der Waals surface area contributed by atoms with E-state index in [9.17, 15) is 9.59 Å². The van der Waals surface area contributed by atoms with Crippen LogP contribution in [0.4, 0.5) is 0 Å². The van der Waals surface area contributed by atoms with Crippen LogP contribution in [-0.4, -0.2) is 22.5 Å². The molecule has 3 N–H and O–H groups in total. The molecule has 1 heterocycles. The smallest absolute Gasteiger partial charge is 0.329 e. The van der Waals surface area contributed by atoms with Gasteiger partial charge in [0.15, 0.2) is 0 Å². The molecule has 0 fully saturated rings. The predicted molar refractivity (Wildman–Crippen MR) is 53.8 cm³/mol. The Labute approximate surface area is 86.2 Å². The number of hydrazone groups is 1. The molecule has 2 amide bonds. The van der Waals surface area contributed by atoms with Crippen LogP contribution in [0.2, 0.25) is 0 Å². The number of rotatable bonds is 2. The number of nitrogens with zero attached hydrogens (tertiary/aromatic N) is 2. The van der Waals surface area contributed by atoms with Gasteiger partial charge in [0.05, 0.1) is 11.4 Å². The van der Waals surface area contributed by atoms with Crippen LogP contribution in [0.3, 0.4) is 0 Å². The van der Waals surface area contributed by atoms with Gasteiger partial charge in [-0.1, -0.05) is 6.07 Å². The quantitative estimate of drug-likeness (QED) is 0.384. The van der Waals surface area contributed by atoms with Crippen molar-refractivity contribution in [2.24, 2.45) is 10.8 Å². The standard InChI is InChI=1S/C9H10N4O2/c1-6(7-4-2-3-5-11-7)12-13-9(15)8(10)14/h2-5H,1H3,(H2,10,14)(H,13,15)/b12-6+. The molecule has 0 aliphatic rings. The van der Waals surface area contributed by atoms with E-state index in [1.54, 1.807) is 31.3 Å². The summed E-state index contributed by atoms with van der Waals surface area (Å²) in [6.07, 6.45) is 1.60. The van der Waals surface area contributed by atoms with Crippen LogP contribution in [0.25, 0.3) is 0 Å².